The van der Waals surface area contributed by atoms with Crippen LogP contribution >= 0.6 is 0 Å². The van der Waals surface area contributed by atoms with Crippen molar-refractivity contribution in [3.05, 3.63) is 56.9 Å². The molecule has 2 fully saturated rings. The summed E-state index contributed by atoms with van der Waals surface area (Å²) in [6, 6.07) is 7.50. The molecule has 1 amide bonds. The number of likely N-dealkylation sites (tertiary alicyclic amines) is 1. The second-order valence-electron chi connectivity index (χ2n) is 8.35. The van der Waals surface area contributed by atoms with E-state index in [9.17, 15) is 14.9 Å². The number of rotatable bonds is 4. The molecule has 4 rings (SSSR count). The van der Waals surface area contributed by atoms with Gasteiger partial charge >= 0.3 is 5.69 Å². The lowest BCUT2D eigenvalue weighted by molar-refractivity contribution is -0.386. The van der Waals surface area contributed by atoms with Gasteiger partial charge in [-0.3, -0.25) is 19.6 Å². The predicted octanol–water partition coefficient (Wildman–Crippen LogP) is 2.67. The molecule has 2 aliphatic rings. The van der Waals surface area contributed by atoms with Crippen LogP contribution in [-0.4, -0.2) is 51.7 Å². The van der Waals surface area contributed by atoms with Gasteiger partial charge in [0.25, 0.3) is 5.91 Å². The Balaban J connectivity index is 1.41. The maximum Gasteiger partial charge on any atom is 0.312 e. The topological polar surface area (TPSA) is 93.3 Å². The van der Waals surface area contributed by atoms with Crippen molar-refractivity contribution in [3.8, 4) is 0 Å². The Bertz CT molecular complexity index is 919. The summed E-state index contributed by atoms with van der Waals surface area (Å²) in [5.74, 6) is 0.0825. The Morgan fingerprint density at radius 1 is 1.21 bits per heavy atom. The van der Waals surface area contributed by atoms with Gasteiger partial charge in [-0.2, -0.15) is 5.10 Å². The van der Waals surface area contributed by atoms with E-state index in [-0.39, 0.29) is 16.5 Å². The first-order valence-electron chi connectivity index (χ1n) is 10.2. The maximum atomic E-state index is 12.9. The third-order valence-electron chi connectivity index (χ3n) is 6.50. The minimum absolute atomic E-state index is 0.0668. The van der Waals surface area contributed by atoms with Crippen LogP contribution in [0.15, 0.2) is 24.3 Å². The second-order valence-corrected chi connectivity index (χ2v) is 8.35. The number of benzene rings is 1. The number of carbonyl (C=O) groups is 1. The molecule has 154 valence electrons. The Labute approximate surface area is 170 Å². The number of hydrogen-bond donors (Lipinski definition) is 1. The highest BCUT2D eigenvalue weighted by molar-refractivity contribution is 5.94. The fourth-order valence-corrected chi connectivity index (χ4v) is 4.62. The van der Waals surface area contributed by atoms with Crippen LogP contribution in [0.2, 0.25) is 0 Å². The smallest absolute Gasteiger partial charge is 0.312 e. The average molecular weight is 397 g/mol. The zero-order valence-corrected chi connectivity index (χ0v) is 17.0. The number of piperidine rings is 1. The molecule has 0 atom stereocenters. The van der Waals surface area contributed by atoms with E-state index in [0.717, 1.165) is 44.6 Å². The SMILES string of the molecule is Cc1nn(Cc2ccc(C(=O)N3CCC4(CCNC4)CC3)cc2)c(C)c1[N+](=O)[O-]. The Kier molecular flexibility index (Phi) is 5.12. The standard InChI is InChI=1S/C21H27N5O3/c1-15-19(26(28)29)16(2)25(23-15)13-17-3-5-18(6-4-17)20(27)24-11-8-21(9-12-24)7-10-22-14-21/h3-6,22H,7-14H2,1-2H3. The summed E-state index contributed by atoms with van der Waals surface area (Å²) in [5, 5.41) is 18.9. The average Bonchev–Trinajstić information content (AvgIpc) is 3.26. The third kappa shape index (κ3) is 3.76. The quantitative estimate of drug-likeness (QED) is 0.632. The van der Waals surface area contributed by atoms with E-state index in [1.54, 1.807) is 18.5 Å². The lowest BCUT2D eigenvalue weighted by Gasteiger charge is -2.38. The zero-order chi connectivity index (χ0) is 20.6. The molecule has 0 saturated carbocycles. The molecule has 2 aliphatic heterocycles. The maximum absolute atomic E-state index is 12.9. The van der Waals surface area contributed by atoms with E-state index in [1.807, 2.05) is 29.2 Å². The zero-order valence-electron chi connectivity index (χ0n) is 17.0. The van der Waals surface area contributed by atoms with E-state index in [1.165, 1.54) is 6.42 Å². The molecule has 2 aromatic rings. The molecule has 8 nitrogen and oxygen atoms in total. The second kappa shape index (κ2) is 7.59. The largest absolute Gasteiger partial charge is 0.339 e. The van der Waals surface area contributed by atoms with Gasteiger partial charge < -0.3 is 10.2 Å². The highest BCUT2D eigenvalue weighted by atomic mass is 16.6. The Hall–Kier alpha value is -2.74. The van der Waals surface area contributed by atoms with Crippen molar-refractivity contribution < 1.29 is 9.72 Å². The van der Waals surface area contributed by atoms with Gasteiger partial charge in [0.05, 0.1) is 11.5 Å². The first-order valence-corrected chi connectivity index (χ1v) is 10.2. The molecule has 1 aromatic carbocycles. The number of aromatic nitrogens is 2. The van der Waals surface area contributed by atoms with Gasteiger partial charge in [-0.15, -0.1) is 0 Å². The summed E-state index contributed by atoms with van der Waals surface area (Å²) in [5.41, 5.74) is 3.06. The summed E-state index contributed by atoms with van der Waals surface area (Å²) >= 11 is 0. The third-order valence-corrected chi connectivity index (χ3v) is 6.50. The van der Waals surface area contributed by atoms with Crippen molar-refractivity contribution in [1.29, 1.82) is 0 Å². The van der Waals surface area contributed by atoms with Crippen LogP contribution in [0.25, 0.3) is 0 Å². The van der Waals surface area contributed by atoms with Gasteiger partial charge in [0.1, 0.15) is 11.4 Å². The van der Waals surface area contributed by atoms with Crippen LogP contribution in [0.4, 0.5) is 5.69 Å². The van der Waals surface area contributed by atoms with Gasteiger partial charge in [0, 0.05) is 25.2 Å². The molecule has 0 aliphatic carbocycles. The lowest BCUT2D eigenvalue weighted by atomic mass is 9.78. The predicted molar refractivity (Wildman–Crippen MR) is 109 cm³/mol. The van der Waals surface area contributed by atoms with Crippen molar-refractivity contribution in [2.24, 2.45) is 5.41 Å². The van der Waals surface area contributed by atoms with E-state index in [4.69, 9.17) is 0 Å². The number of hydrogen-bond acceptors (Lipinski definition) is 5. The molecule has 3 heterocycles. The minimum Gasteiger partial charge on any atom is -0.339 e. The molecule has 1 N–H and O–H groups in total. The molecule has 2 saturated heterocycles. The van der Waals surface area contributed by atoms with Gasteiger partial charge in [0.2, 0.25) is 0 Å². The first-order chi connectivity index (χ1) is 13.9. The summed E-state index contributed by atoms with van der Waals surface area (Å²) < 4.78 is 1.64. The highest BCUT2D eigenvalue weighted by Crippen LogP contribution is 2.37. The van der Waals surface area contributed by atoms with Crippen LogP contribution in [0, 0.1) is 29.4 Å². The Morgan fingerprint density at radius 2 is 1.90 bits per heavy atom. The first kappa shape index (κ1) is 19.6. The number of nitrogens with zero attached hydrogens (tertiary/aromatic N) is 4. The van der Waals surface area contributed by atoms with Crippen molar-refractivity contribution in [2.75, 3.05) is 26.2 Å². The van der Waals surface area contributed by atoms with E-state index < -0.39 is 0 Å². The monoisotopic (exact) mass is 397 g/mol. The highest BCUT2D eigenvalue weighted by Gasteiger charge is 2.38. The molecule has 0 bridgehead atoms. The number of nitrogens with one attached hydrogen (secondary N) is 1. The van der Waals surface area contributed by atoms with Crippen molar-refractivity contribution in [2.45, 2.75) is 39.7 Å². The molecular weight excluding hydrogens is 370 g/mol. The normalized spacial score (nSPS) is 18.3. The molecule has 29 heavy (non-hydrogen) atoms. The molecular formula is C21H27N5O3. The van der Waals surface area contributed by atoms with E-state index in [0.29, 0.717) is 28.9 Å². The summed E-state index contributed by atoms with van der Waals surface area (Å²) in [4.78, 5) is 25.6. The fraction of sp³-hybridized carbons (Fsp3) is 0.524. The van der Waals surface area contributed by atoms with Crippen molar-refractivity contribution >= 4 is 11.6 Å². The van der Waals surface area contributed by atoms with Crippen molar-refractivity contribution in [1.82, 2.24) is 20.0 Å². The fourth-order valence-electron chi connectivity index (χ4n) is 4.62. The van der Waals surface area contributed by atoms with Crippen LogP contribution < -0.4 is 5.32 Å². The van der Waals surface area contributed by atoms with Crippen molar-refractivity contribution in [3.63, 3.8) is 0 Å². The van der Waals surface area contributed by atoms with E-state index in [2.05, 4.69) is 10.4 Å². The number of aryl methyl sites for hydroxylation is 1. The number of carbonyl (C=O) groups excluding carboxylic acids is 1. The molecule has 0 radical (unpaired) electrons. The summed E-state index contributed by atoms with van der Waals surface area (Å²) in [7, 11) is 0. The molecule has 8 heteroatoms. The molecule has 0 unspecified atom stereocenters. The van der Waals surface area contributed by atoms with E-state index >= 15 is 0 Å². The molecule has 1 spiro atoms. The number of amides is 1. The lowest BCUT2D eigenvalue weighted by Crippen LogP contribution is -2.44. The summed E-state index contributed by atoms with van der Waals surface area (Å²) in [6.45, 7) is 7.60. The van der Waals surface area contributed by atoms with Crippen LogP contribution in [-0.2, 0) is 6.54 Å². The van der Waals surface area contributed by atoms with Gasteiger partial charge in [-0.05, 0) is 62.8 Å². The molecule has 1 aromatic heterocycles. The van der Waals surface area contributed by atoms with Gasteiger partial charge in [-0.1, -0.05) is 12.1 Å². The minimum atomic E-state index is -0.389. The van der Waals surface area contributed by atoms with Crippen LogP contribution in [0.1, 0.15) is 46.6 Å². The Morgan fingerprint density at radius 3 is 2.45 bits per heavy atom. The van der Waals surface area contributed by atoms with Crippen LogP contribution in [0.5, 0.6) is 0 Å². The summed E-state index contributed by atoms with van der Waals surface area (Å²) in [6.07, 6.45) is 3.36. The van der Waals surface area contributed by atoms with Crippen LogP contribution in [0.3, 0.4) is 0 Å². The van der Waals surface area contributed by atoms with Gasteiger partial charge in [0.15, 0.2) is 0 Å². The number of nitro groups is 1. The van der Waals surface area contributed by atoms with Gasteiger partial charge in [-0.25, -0.2) is 0 Å².